The summed E-state index contributed by atoms with van der Waals surface area (Å²) in [5.74, 6) is 1.41. The summed E-state index contributed by atoms with van der Waals surface area (Å²) in [7, 11) is 0. The van der Waals surface area contributed by atoms with Crippen molar-refractivity contribution < 1.29 is 0 Å². The third-order valence-electron chi connectivity index (χ3n) is 2.50. The minimum atomic E-state index is 0.654. The third-order valence-corrected chi connectivity index (χ3v) is 2.50. The average Bonchev–Trinajstić information content (AvgIpc) is 2.18. The number of hydrogen-bond donors (Lipinski definition) is 0. The van der Waals surface area contributed by atoms with Crippen molar-refractivity contribution >= 4 is 0 Å². The van der Waals surface area contributed by atoms with Crippen molar-refractivity contribution in [3.63, 3.8) is 0 Å². The van der Waals surface area contributed by atoms with Gasteiger partial charge in [0.2, 0.25) is 0 Å². The maximum atomic E-state index is 4.45. The molecule has 0 aliphatic carbocycles. The van der Waals surface area contributed by atoms with Crippen LogP contribution in [-0.2, 0) is 0 Å². The molecule has 78 valence electrons. The highest BCUT2D eigenvalue weighted by molar-refractivity contribution is 5.09. The van der Waals surface area contributed by atoms with E-state index in [1.54, 1.807) is 0 Å². The zero-order valence-electron chi connectivity index (χ0n) is 9.53. The largest absolute Gasteiger partial charge is 0.261 e. The SMILES string of the molecule is CCCC(CC(C)C)c1ccccn1. The summed E-state index contributed by atoms with van der Waals surface area (Å²) < 4.78 is 0. The van der Waals surface area contributed by atoms with Crippen molar-refractivity contribution in [2.24, 2.45) is 5.92 Å². The van der Waals surface area contributed by atoms with Gasteiger partial charge in [0, 0.05) is 17.8 Å². The lowest BCUT2D eigenvalue weighted by molar-refractivity contribution is 0.465. The van der Waals surface area contributed by atoms with Gasteiger partial charge in [0.05, 0.1) is 0 Å². The van der Waals surface area contributed by atoms with Gasteiger partial charge >= 0.3 is 0 Å². The van der Waals surface area contributed by atoms with E-state index in [2.05, 4.69) is 37.9 Å². The molecule has 0 saturated heterocycles. The molecule has 1 atom stereocenters. The molecule has 0 bridgehead atoms. The maximum Gasteiger partial charge on any atom is 0.0434 e. The summed E-state index contributed by atoms with van der Waals surface area (Å²) in [5.41, 5.74) is 1.27. The second-order valence-electron chi connectivity index (χ2n) is 4.37. The van der Waals surface area contributed by atoms with E-state index >= 15 is 0 Å². The molecule has 0 aliphatic rings. The fourth-order valence-electron chi connectivity index (χ4n) is 1.92. The van der Waals surface area contributed by atoms with E-state index in [1.807, 2.05) is 12.3 Å². The Kier molecular flexibility index (Phi) is 4.64. The lowest BCUT2D eigenvalue weighted by Gasteiger charge is -2.17. The fraction of sp³-hybridized carbons (Fsp3) is 0.615. The van der Waals surface area contributed by atoms with Crippen molar-refractivity contribution in [2.45, 2.75) is 46.0 Å². The molecule has 0 N–H and O–H groups in total. The van der Waals surface area contributed by atoms with Crippen LogP contribution in [0.15, 0.2) is 24.4 Å². The average molecular weight is 191 g/mol. The zero-order valence-corrected chi connectivity index (χ0v) is 9.53. The van der Waals surface area contributed by atoms with Crippen molar-refractivity contribution in [1.29, 1.82) is 0 Å². The van der Waals surface area contributed by atoms with E-state index in [0.29, 0.717) is 5.92 Å². The van der Waals surface area contributed by atoms with Crippen LogP contribution >= 0.6 is 0 Å². The van der Waals surface area contributed by atoms with Crippen LogP contribution in [0, 0.1) is 5.92 Å². The second kappa shape index (κ2) is 5.79. The van der Waals surface area contributed by atoms with Gasteiger partial charge in [-0.25, -0.2) is 0 Å². The quantitative estimate of drug-likeness (QED) is 0.685. The van der Waals surface area contributed by atoms with Gasteiger partial charge in [0.1, 0.15) is 0 Å². The molecule has 1 aromatic heterocycles. The first-order chi connectivity index (χ1) is 6.74. The number of aromatic nitrogens is 1. The Morgan fingerprint density at radius 3 is 2.57 bits per heavy atom. The highest BCUT2D eigenvalue weighted by Crippen LogP contribution is 2.26. The predicted octanol–water partition coefficient (Wildman–Crippen LogP) is 4.01. The summed E-state index contributed by atoms with van der Waals surface area (Å²) in [6.45, 7) is 6.81. The molecule has 0 spiro atoms. The standard InChI is InChI=1S/C13H21N/c1-4-7-12(10-11(2)3)13-8-5-6-9-14-13/h5-6,8-9,11-12H,4,7,10H2,1-3H3. The monoisotopic (exact) mass is 191 g/mol. The van der Waals surface area contributed by atoms with Crippen LogP contribution in [0.3, 0.4) is 0 Å². The Morgan fingerprint density at radius 1 is 1.29 bits per heavy atom. The van der Waals surface area contributed by atoms with Crippen LogP contribution in [0.4, 0.5) is 0 Å². The molecule has 1 heterocycles. The van der Waals surface area contributed by atoms with Crippen LogP contribution in [0.5, 0.6) is 0 Å². The van der Waals surface area contributed by atoms with Gasteiger partial charge in [-0.05, 0) is 30.9 Å². The Morgan fingerprint density at radius 2 is 2.07 bits per heavy atom. The van der Waals surface area contributed by atoms with E-state index in [0.717, 1.165) is 5.92 Å². The molecule has 0 saturated carbocycles. The number of pyridine rings is 1. The Balaban J connectivity index is 2.67. The summed E-state index contributed by atoms with van der Waals surface area (Å²) in [6.07, 6.45) is 5.66. The maximum absolute atomic E-state index is 4.45. The van der Waals surface area contributed by atoms with E-state index in [1.165, 1.54) is 25.0 Å². The molecule has 1 rings (SSSR count). The second-order valence-corrected chi connectivity index (χ2v) is 4.37. The molecule has 1 heteroatoms. The number of nitrogens with zero attached hydrogens (tertiary/aromatic N) is 1. The van der Waals surface area contributed by atoms with E-state index in [-0.39, 0.29) is 0 Å². The first-order valence-corrected chi connectivity index (χ1v) is 5.65. The normalized spacial score (nSPS) is 13.1. The fourth-order valence-corrected chi connectivity index (χ4v) is 1.92. The Hall–Kier alpha value is -0.850. The first kappa shape index (κ1) is 11.2. The highest BCUT2D eigenvalue weighted by atomic mass is 14.7. The van der Waals surface area contributed by atoms with Gasteiger partial charge in [0.25, 0.3) is 0 Å². The lowest BCUT2D eigenvalue weighted by Crippen LogP contribution is -2.04. The van der Waals surface area contributed by atoms with Crippen LogP contribution in [0.25, 0.3) is 0 Å². The Labute approximate surface area is 87.6 Å². The summed E-state index contributed by atoms with van der Waals surface area (Å²) in [6, 6.07) is 6.23. The molecular formula is C13H21N. The molecular weight excluding hydrogens is 170 g/mol. The molecule has 1 unspecified atom stereocenters. The van der Waals surface area contributed by atoms with Crippen molar-refractivity contribution in [3.8, 4) is 0 Å². The van der Waals surface area contributed by atoms with Crippen LogP contribution in [0.2, 0.25) is 0 Å². The molecule has 14 heavy (non-hydrogen) atoms. The lowest BCUT2D eigenvalue weighted by atomic mass is 9.90. The third kappa shape index (κ3) is 3.49. The molecule has 0 aliphatic heterocycles. The van der Waals surface area contributed by atoms with Crippen LogP contribution < -0.4 is 0 Å². The summed E-state index contributed by atoms with van der Waals surface area (Å²) in [5, 5.41) is 0. The molecule has 0 radical (unpaired) electrons. The van der Waals surface area contributed by atoms with Gasteiger partial charge in [-0.3, -0.25) is 4.98 Å². The summed E-state index contributed by atoms with van der Waals surface area (Å²) in [4.78, 5) is 4.45. The molecule has 0 amide bonds. The molecule has 1 aromatic rings. The van der Waals surface area contributed by atoms with Gasteiger partial charge in [-0.15, -0.1) is 0 Å². The van der Waals surface area contributed by atoms with Gasteiger partial charge in [-0.1, -0.05) is 33.3 Å². The van der Waals surface area contributed by atoms with Crippen LogP contribution in [-0.4, -0.2) is 4.98 Å². The minimum Gasteiger partial charge on any atom is -0.261 e. The van der Waals surface area contributed by atoms with Crippen molar-refractivity contribution in [2.75, 3.05) is 0 Å². The molecule has 0 fully saturated rings. The molecule has 1 nitrogen and oxygen atoms in total. The zero-order chi connectivity index (χ0) is 10.4. The van der Waals surface area contributed by atoms with Crippen LogP contribution in [0.1, 0.15) is 51.6 Å². The predicted molar refractivity (Wildman–Crippen MR) is 61.3 cm³/mol. The van der Waals surface area contributed by atoms with E-state index in [9.17, 15) is 0 Å². The smallest absolute Gasteiger partial charge is 0.0434 e. The topological polar surface area (TPSA) is 12.9 Å². The summed E-state index contributed by atoms with van der Waals surface area (Å²) >= 11 is 0. The number of hydrogen-bond acceptors (Lipinski definition) is 1. The molecule has 0 aromatic carbocycles. The highest BCUT2D eigenvalue weighted by Gasteiger charge is 2.12. The van der Waals surface area contributed by atoms with Gasteiger partial charge in [-0.2, -0.15) is 0 Å². The first-order valence-electron chi connectivity index (χ1n) is 5.65. The minimum absolute atomic E-state index is 0.654. The number of rotatable bonds is 5. The van der Waals surface area contributed by atoms with Crippen molar-refractivity contribution in [1.82, 2.24) is 4.98 Å². The van der Waals surface area contributed by atoms with E-state index < -0.39 is 0 Å². The van der Waals surface area contributed by atoms with Gasteiger partial charge < -0.3 is 0 Å². The van der Waals surface area contributed by atoms with Gasteiger partial charge in [0.15, 0.2) is 0 Å². The Bertz CT molecular complexity index is 241. The van der Waals surface area contributed by atoms with Crippen molar-refractivity contribution in [3.05, 3.63) is 30.1 Å². The van der Waals surface area contributed by atoms with E-state index in [4.69, 9.17) is 0 Å².